The summed E-state index contributed by atoms with van der Waals surface area (Å²) in [6.45, 7) is 2.50. The molecule has 0 saturated heterocycles. The van der Waals surface area contributed by atoms with Crippen LogP contribution in [0.2, 0.25) is 0 Å². The van der Waals surface area contributed by atoms with Crippen LogP contribution in [0.25, 0.3) is 22.4 Å². The molecule has 0 fully saturated rings. The highest BCUT2D eigenvalue weighted by atomic mass is 19.1. The van der Waals surface area contributed by atoms with Gasteiger partial charge in [0.15, 0.2) is 11.6 Å². The van der Waals surface area contributed by atoms with Crippen LogP contribution in [0, 0.1) is 5.82 Å². The Hall–Kier alpha value is -2.36. The Morgan fingerprint density at radius 1 is 1.20 bits per heavy atom. The number of halogens is 1. The topological polar surface area (TPSA) is 37.9 Å². The van der Waals surface area contributed by atoms with E-state index < -0.39 is 0 Å². The predicted octanol–water partition coefficient (Wildman–Crippen LogP) is 4.16. The lowest BCUT2D eigenvalue weighted by atomic mass is 10.2. The standard InChI is InChI=1S/C16H15FN2O/c1-2-9-20-15-8-7-11(10-12(15)17)16-18-13-5-3-4-6-14(13)19-16/h3-8,10H,2,9H2,1H3,(H,18,19). The fourth-order valence-corrected chi connectivity index (χ4v) is 2.07. The summed E-state index contributed by atoms with van der Waals surface area (Å²) in [7, 11) is 0. The molecule has 1 heterocycles. The van der Waals surface area contributed by atoms with Crippen molar-refractivity contribution in [2.45, 2.75) is 13.3 Å². The van der Waals surface area contributed by atoms with Gasteiger partial charge in [0.2, 0.25) is 0 Å². The molecule has 0 atom stereocenters. The number of hydrogen-bond donors (Lipinski definition) is 1. The summed E-state index contributed by atoms with van der Waals surface area (Å²) < 4.78 is 19.3. The van der Waals surface area contributed by atoms with E-state index in [1.54, 1.807) is 6.07 Å². The molecular formula is C16H15FN2O. The van der Waals surface area contributed by atoms with Crippen molar-refractivity contribution in [1.29, 1.82) is 0 Å². The molecule has 3 aromatic rings. The van der Waals surface area contributed by atoms with E-state index in [-0.39, 0.29) is 11.6 Å². The van der Waals surface area contributed by atoms with E-state index in [9.17, 15) is 4.39 Å². The molecule has 0 saturated carbocycles. The average Bonchev–Trinajstić information content (AvgIpc) is 2.90. The Morgan fingerprint density at radius 2 is 2.05 bits per heavy atom. The number of aromatic nitrogens is 2. The van der Waals surface area contributed by atoms with E-state index >= 15 is 0 Å². The smallest absolute Gasteiger partial charge is 0.165 e. The monoisotopic (exact) mass is 270 g/mol. The van der Waals surface area contributed by atoms with Crippen molar-refractivity contribution >= 4 is 11.0 Å². The maximum absolute atomic E-state index is 13.9. The van der Waals surface area contributed by atoms with E-state index in [1.807, 2.05) is 37.3 Å². The second-order valence-corrected chi connectivity index (χ2v) is 4.60. The van der Waals surface area contributed by atoms with Gasteiger partial charge in [0, 0.05) is 5.56 Å². The first-order valence-electron chi connectivity index (χ1n) is 6.65. The minimum absolute atomic E-state index is 0.284. The minimum Gasteiger partial charge on any atom is -0.491 e. The summed E-state index contributed by atoms with van der Waals surface area (Å²) in [6.07, 6.45) is 0.852. The third-order valence-corrected chi connectivity index (χ3v) is 3.06. The summed E-state index contributed by atoms with van der Waals surface area (Å²) in [5.41, 5.74) is 2.52. The van der Waals surface area contributed by atoms with Gasteiger partial charge < -0.3 is 9.72 Å². The predicted molar refractivity (Wildman–Crippen MR) is 77.3 cm³/mol. The number of para-hydroxylation sites is 2. The number of nitrogens with one attached hydrogen (secondary N) is 1. The van der Waals surface area contributed by atoms with Gasteiger partial charge in [-0.1, -0.05) is 19.1 Å². The van der Waals surface area contributed by atoms with Crippen LogP contribution in [0.4, 0.5) is 4.39 Å². The number of fused-ring (bicyclic) bond motifs is 1. The van der Waals surface area contributed by atoms with Gasteiger partial charge in [-0.15, -0.1) is 0 Å². The molecule has 0 aliphatic heterocycles. The highest BCUT2D eigenvalue weighted by Gasteiger charge is 2.09. The van der Waals surface area contributed by atoms with Crippen molar-refractivity contribution in [1.82, 2.24) is 9.97 Å². The first kappa shape index (κ1) is 12.7. The van der Waals surface area contributed by atoms with Crippen LogP contribution >= 0.6 is 0 Å². The second kappa shape index (κ2) is 5.33. The Labute approximate surface area is 116 Å². The molecule has 1 aromatic heterocycles. The average molecular weight is 270 g/mol. The van der Waals surface area contributed by atoms with Gasteiger partial charge in [0.25, 0.3) is 0 Å². The number of ether oxygens (including phenoxy) is 1. The molecule has 0 radical (unpaired) electrons. The van der Waals surface area contributed by atoms with E-state index in [0.29, 0.717) is 18.0 Å². The summed E-state index contributed by atoms with van der Waals surface area (Å²) in [6, 6.07) is 12.6. The lowest BCUT2D eigenvalue weighted by Gasteiger charge is -2.06. The first-order chi connectivity index (χ1) is 9.78. The molecule has 102 valence electrons. The SMILES string of the molecule is CCCOc1ccc(-c2nc3ccccc3[nH]2)cc1F. The van der Waals surface area contributed by atoms with Crippen LogP contribution in [0.15, 0.2) is 42.5 Å². The van der Waals surface area contributed by atoms with Gasteiger partial charge in [-0.2, -0.15) is 0 Å². The summed E-state index contributed by atoms with van der Waals surface area (Å²) in [5, 5.41) is 0. The molecule has 0 aliphatic rings. The lowest BCUT2D eigenvalue weighted by Crippen LogP contribution is -1.97. The maximum Gasteiger partial charge on any atom is 0.165 e. The summed E-state index contributed by atoms with van der Waals surface area (Å²) in [4.78, 5) is 7.64. The van der Waals surface area contributed by atoms with Crippen molar-refractivity contribution in [3.63, 3.8) is 0 Å². The molecule has 2 aromatic carbocycles. The van der Waals surface area contributed by atoms with Gasteiger partial charge in [-0.25, -0.2) is 9.37 Å². The Bertz CT molecular complexity index is 703. The summed E-state index contributed by atoms with van der Waals surface area (Å²) >= 11 is 0. The molecule has 0 spiro atoms. The minimum atomic E-state index is -0.364. The quantitative estimate of drug-likeness (QED) is 0.773. The normalized spacial score (nSPS) is 10.9. The van der Waals surface area contributed by atoms with E-state index in [0.717, 1.165) is 17.5 Å². The van der Waals surface area contributed by atoms with Gasteiger partial charge in [-0.3, -0.25) is 0 Å². The highest BCUT2D eigenvalue weighted by molar-refractivity contribution is 5.79. The molecular weight excluding hydrogens is 255 g/mol. The molecule has 3 rings (SSSR count). The van der Waals surface area contributed by atoms with Crippen molar-refractivity contribution in [3.8, 4) is 17.1 Å². The van der Waals surface area contributed by atoms with Gasteiger partial charge in [0.05, 0.1) is 17.6 Å². The summed E-state index contributed by atoms with van der Waals surface area (Å²) in [5.74, 6) is 0.579. The van der Waals surface area contributed by atoms with Crippen molar-refractivity contribution in [2.24, 2.45) is 0 Å². The van der Waals surface area contributed by atoms with Crippen LogP contribution in [0.5, 0.6) is 5.75 Å². The van der Waals surface area contributed by atoms with Gasteiger partial charge >= 0.3 is 0 Å². The molecule has 0 aliphatic carbocycles. The number of H-pyrrole nitrogens is 1. The highest BCUT2D eigenvalue weighted by Crippen LogP contribution is 2.25. The van der Waals surface area contributed by atoms with Crippen molar-refractivity contribution in [3.05, 3.63) is 48.3 Å². The third kappa shape index (κ3) is 2.37. The van der Waals surface area contributed by atoms with Gasteiger partial charge in [-0.05, 0) is 36.8 Å². The van der Waals surface area contributed by atoms with Crippen LogP contribution in [-0.2, 0) is 0 Å². The van der Waals surface area contributed by atoms with Crippen LogP contribution < -0.4 is 4.74 Å². The molecule has 0 unspecified atom stereocenters. The zero-order valence-corrected chi connectivity index (χ0v) is 11.2. The fourth-order valence-electron chi connectivity index (χ4n) is 2.07. The Kier molecular flexibility index (Phi) is 3.37. The number of rotatable bonds is 4. The largest absolute Gasteiger partial charge is 0.491 e. The number of aromatic amines is 1. The Balaban J connectivity index is 1.95. The van der Waals surface area contributed by atoms with E-state index in [2.05, 4.69) is 9.97 Å². The third-order valence-electron chi connectivity index (χ3n) is 3.06. The van der Waals surface area contributed by atoms with Crippen LogP contribution in [0.3, 0.4) is 0 Å². The number of imidazole rings is 1. The number of hydrogen-bond acceptors (Lipinski definition) is 2. The van der Waals surface area contributed by atoms with E-state index in [4.69, 9.17) is 4.74 Å². The van der Waals surface area contributed by atoms with Gasteiger partial charge in [0.1, 0.15) is 5.82 Å². The van der Waals surface area contributed by atoms with Crippen molar-refractivity contribution < 1.29 is 9.13 Å². The van der Waals surface area contributed by atoms with Crippen LogP contribution in [-0.4, -0.2) is 16.6 Å². The number of benzene rings is 2. The molecule has 3 nitrogen and oxygen atoms in total. The maximum atomic E-state index is 13.9. The zero-order chi connectivity index (χ0) is 13.9. The molecule has 1 N–H and O–H groups in total. The molecule has 0 bridgehead atoms. The second-order valence-electron chi connectivity index (χ2n) is 4.60. The zero-order valence-electron chi connectivity index (χ0n) is 11.2. The fraction of sp³-hybridized carbons (Fsp3) is 0.188. The number of nitrogens with zero attached hydrogens (tertiary/aromatic N) is 1. The first-order valence-corrected chi connectivity index (χ1v) is 6.65. The van der Waals surface area contributed by atoms with Crippen LogP contribution in [0.1, 0.15) is 13.3 Å². The molecule has 4 heteroatoms. The lowest BCUT2D eigenvalue weighted by molar-refractivity contribution is 0.301. The molecule has 0 amide bonds. The Morgan fingerprint density at radius 3 is 2.80 bits per heavy atom. The van der Waals surface area contributed by atoms with E-state index in [1.165, 1.54) is 6.07 Å². The molecule has 20 heavy (non-hydrogen) atoms. The van der Waals surface area contributed by atoms with Crippen molar-refractivity contribution in [2.75, 3.05) is 6.61 Å².